The molecule has 1 unspecified atom stereocenters. The van der Waals surface area contributed by atoms with Crippen molar-refractivity contribution < 1.29 is 19.1 Å². The third-order valence-corrected chi connectivity index (χ3v) is 3.11. The van der Waals surface area contributed by atoms with E-state index in [2.05, 4.69) is 10.6 Å². The van der Waals surface area contributed by atoms with Crippen LogP contribution in [0.5, 0.6) is 0 Å². The van der Waals surface area contributed by atoms with Gasteiger partial charge in [-0.15, -0.1) is 0 Å². The first-order valence-electron chi connectivity index (χ1n) is 6.21. The van der Waals surface area contributed by atoms with Crippen molar-refractivity contribution in [1.82, 2.24) is 5.32 Å². The molecule has 0 radical (unpaired) electrons. The summed E-state index contributed by atoms with van der Waals surface area (Å²) in [6.07, 6.45) is 0. The Hall–Kier alpha value is -2.11. The van der Waals surface area contributed by atoms with E-state index in [1.165, 1.54) is 0 Å². The minimum absolute atomic E-state index is 0.0730. The maximum absolute atomic E-state index is 13.1. The van der Waals surface area contributed by atoms with Crippen molar-refractivity contribution in [2.24, 2.45) is 5.41 Å². The van der Waals surface area contributed by atoms with Crippen LogP contribution < -0.4 is 10.6 Å². The van der Waals surface area contributed by atoms with Crippen LogP contribution in [-0.2, 0) is 0 Å². The molecule has 0 bridgehead atoms. The summed E-state index contributed by atoms with van der Waals surface area (Å²) in [4.78, 5) is 22.8. The number of carbonyl (C=O) groups excluding carboxylic acids is 1. The molecule has 1 rings (SSSR count). The number of carboxylic acids is 1. The lowest BCUT2D eigenvalue weighted by atomic mass is 9.88. The van der Waals surface area contributed by atoms with E-state index in [9.17, 15) is 14.0 Å². The first kappa shape index (κ1) is 15.9. The molecule has 0 saturated heterocycles. The Morgan fingerprint density at radius 2 is 1.90 bits per heavy atom. The van der Waals surface area contributed by atoms with Gasteiger partial charge in [0.05, 0.1) is 11.3 Å². The molecule has 1 aromatic carbocycles. The molecule has 0 aliphatic rings. The molecule has 2 amide bonds. The minimum atomic E-state index is -1.23. The summed E-state index contributed by atoms with van der Waals surface area (Å²) < 4.78 is 13.1. The first-order valence-corrected chi connectivity index (χ1v) is 6.21. The van der Waals surface area contributed by atoms with Crippen LogP contribution in [0, 0.1) is 11.2 Å². The molecule has 5 nitrogen and oxygen atoms in total. The Kier molecular flexibility index (Phi) is 4.70. The number of carbonyl (C=O) groups is 2. The predicted molar refractivity (Wildman–Crippen MR) is 74.4 cm³/mol. The van der Waals surface area contributed by atoms with Crippen molar-refractivity contribution in [3.05, 3.63) is 29.6 Å². The molecule has 0 aliphatic carbocycles. The average molecular weight is 282 g/mol. The van der Waals surface area contributed by atoms with E-state index >= 15 is 0 Å². The first-order chi connectivity index (χ1) is 9.11. The summed E-state index contributed by atoms with van der Waals surface area (Å²) in [5.41, 5.74) is -0.379. The Morgan fingerprint density at radius 3 is 2.40 bits per heavy atom. The summed E-state index contributed by atoms with van der Waals surface area (Å²) in [5.74, 6) is -1.85. The van der Waals surface area contributed by atoms with Crippen LogP contribution in [0.2, 0.25) is 0 Å². The number of hydrogen-bond acceptors (Lipinski definition) is 2. The van der Waals surface area contributed by atoms with E-state index < -0.39 is 17.8 Å². The summed E-state index contributed by atoms with van der Waals surface area (Å²) in [6.45, 7) is 7.72. The van der Waals surface area contributed by atoms with Gasteiger partial charge in [0.2, 0.25) is 0 Å². The predicted octanol–water partition coefficient (Wildman–Crippen LogP) is 3.08. The highest BCUT2D eigenvalue weighted by molar-refractivity contribution is 6.00. The van der Waals surface area contributed by atoms with Crippen molar-refractivity contribution in [3.63, 3.8) is 0 Å². The SMILES string of the molecule is CC(NC(=O)Nc1cc(F)ccc1C(=O)O)C(C)(C)C. The number of nitrogens with one attached hydrogen (secondary N) is 2. The van der Waals surface area contributed by atoms with Gasteiger partial charge in [0, 0.05) is 6.04 Å². The lowest BCUT2D eigenvalue weighted by Gasteiger charge is -2.28. The van der Waals surface area contributed by atoms with Crippen LogP contribution in [0.4, 0.5) is 14.9 Å². The van der Waals surface area contributed by atoms with Gasteiger partial charge >= 0.3 is 12.0 Å². The molecular formula is C14H19FN2O3. The molecule has 6 heteroatoms. The zero-order valence-corrected chi connectivity index (χ0v) is 12.0. The molecule has 110 valence electrons. The van der Waals surface area contributed by atoms with Gasteiger partial charge in [-0.3, -0.25) is 0 Å². The van der Waals surface area contributed by atoms with Crippen molar-refractivity contribution in [2.45, 2.75) is 33.7 Å². The van der Waals surface area contributed by atoms with E-state index in [-0.39, 0.29) is 22.7 Å². The van der Waals surface area contributed by atoms with Crippen molar-refractivity contribution >= 4 is 17.7 Å². The highest BCUT2D eigenvalue weighted by Crippen LogP contribution is 2.20. The third kappa shape index (κ3) is 4.22. The van der Waals surface area contributed by atoms with Gasteiger partial charge < -0.3 is 15.7 Å². The van der Waals surface area contributed by atoms with Crippen LogP contribution >= 0.6 is 0 Å². The van der Waals surface area contributed by atoms with E-state index in [0.29, 0.717) is 0 Å². The number of halogens is 1. The highest BCUT2D eigenvalue weighted by Gasteiger charge is 2.22. The second-order valence-corrected chi connectivity index (χ2v) is 5.68. The Labute approximate surface area is 117 Å². The summed E-state index contributed by atoms with van der Waals surface area (Å²) in [7, 11) is 0. The summed E-state index contributed by atoms with van der Waals surface area (Å²) in [6, 6.07) is 2.42. The quantitative estimate of drug-likeness (QED) is 0.797. The Bertz CT molecular complexity index is 524. The molecule has 0 aromatic heterocycles. The van der Waals surface area contributed by atoms with Gasteiger partial charge in [-0.2, -0.15) is 0 Å². The van der Waals surface area contributed by atoms with Gasteiger partial charge in [-0.1, -0.05) is 20.8 Å². The number of carboxylic acid groups (broad SMARTS) is 1. The average Bonchev–Trinajstić information content (AvgIpc) is 2.26. The Balaban J connectivity index is 2.86. The van der Waals surface area contributed by atoms with E-state index in [1.54, 1.807) is 0 Å². The van der Waals surface area contributed by atoms with E-state index in [4.69, 9.17) is 5.11 Å². The number of benzene rings is 1. The van der Waals surface area contributed by atoms with Gasteiger partial charge in [0.15, 0.2) is 0 Å². The fourth-order valence-electron chi connectivity index (χ4n) is 1.38. The van der Waals surface area contributed by atoms with Crippen molar-refractivity contribution in [2.75, 3.05) is 5.32 Å². The molecular weight excluding hydrogens is 263 g/mol. The zero-order chi connectivity index (χ0) is 15.5. The van der Waals surface area contributed by atoms with Gasteiger partial charge in [0.1, 0.15) is 5.82 Å². The topological polar surface area (TPSA) is 78.4 Å². The maximum atomic E-state index is 13.1. The van der Waals surface area contributed by atoms with Crippen LogP contribution in [0.1, 0.15) is 38.1 Å². The number of urea groups is 1. The second-order valence-electron chi connectivity index (χ2n) is 5.68. The smallest absolute Gasteiger partial charge is 0.337 e. The summed E-state index contributed by atoms with van der Waals surface area (Å²) >= 11 is 0. The normalized spacial score (nSPS) is 12.7. The largest absolute Gasteiger partial charge is 0.478 e. The standard InChI is InChI=1S/C14H19FN2O3/c1-8(14(2,3)4)16-13(20)17-11-7-9(15)5-6-10(11)12(18)19/h5-8H,1-4H3,(H,18,19)(H2,16,17,20). The monoisotopic (exact) mass is 282 g/mol. The maximum Gasteiger partial charge on any atom is 0.337 e. The van der Waals surface area contributed by atoms with Crippen molar-refractivity contribution in [3.8, 4) is 0 Å². The molecule has 0 spiro atoms. The number of hydrogen-bond donors (Lipinski definition) is 3. The Morgan fingerprint density at radius 1 is 1.30 bits per heavy atom. The molecule has 20 heavy (non-hydrogen) atoms. The van der Waals surface area contributed by atoms with Crippen LogP contribution in [0.3, 0.4) is 0 Å². The fourth-order valence-corrected chi connectivity index (χ4v) is 1.38. The van der Waals surface area contributed by atoms with Crippen LogP contribution in [0.25, 0.3) is 0 Å². The molecule has 0 fully saturated rings. The van der Waals surface area contributed by atoms with Crippen molar-refractivity contribution in [1.29, 1.82) is 0 Å². The van der Waals surface area contributed by atoms with E-state index in [1.807, 2.05) is 27.7 Å². The van der Waals surface area contributed by atoms with Crippen LogP contribution in [-0.4, -0.2) is 23.1 Å². The van der Waals surface area contributed by atoms with Gasteiger partial charge in [0.25, 0.3) is 0 Å². The molecule has 0 saturated carbocycles. The second kappa shape index (κ2) is 5.90. The van der Waals surface area contributed by atoms with E-state index in [0.717, 1.165) is 18.2 Å². The zero-order valence-electron chi connectivity index (χ0n) is 12.0. The lowest BCUT2D eigenvalue weighted by Crippen LogP contribution is -2.43. The lowest BCUT2D eigenvalue weighted by molar-refractivity contribution is 0.0698. The number of amides is 2. The number of anilines is 1. The minimum Gasteiger partial charge on any atom is -0.478 e. The third-order valence-electron chi connectivity index (χ3n) is 3.11. The molecule has 3 N–H and O–H groups in total. The molecule has 0 aliphatic heterocycles. The van der Waals surface area contributed by atoms with Crippen LogP contribution in [0.15, 0.2) is 18.2 Å². The van der Waals surface area contributed by atoms with Gasteiger partial charge in [-0.25, -0.2) is 14.0 Å². The highest BCUT2D eigenvalue weighted by atomic mass is 19.1. The number of rotatable bonds is 3. The summed E-state index contributed by atoms with van der Waals surface area (Å²) in [5, 5.41) is 14.0. The molecule has 1 aromatic rings. The molecule has 1 atom stereocenters. The number of aromatic carboxylic acids is 1. The van der Waals surface area contributed by atoms with Gasteiger partial charge in [-0.05, 0) is 30.5 Å². The molecule has 0 heterocycles. The fraction of sp³-hybridized carbons (Fsp3) is 0.429.